The number of nitrogens with one attached hydrogen (secondary N) is 2. The van der Waals surface area contributed by atoms with Crippen LogP contribution in [0.3, 0.4) is 0 Å². The van der Waals surface area contributed by atoms with Crippen LogP contribution in [0.1, 0.15) is 12.5 Å². The maximum Gasteiger partial charge on any atom is 0.417 e. The molecule has 0 saturated carbocycles. The van der Waals surface area contributed by atoms with Gasteiger partial charge in [0.1, 0.15) is 5.82 Å². The minimum atomic E-state index is -4.49. The van der Waals surface area contributed by atoms with Gasteiger partial charge < -0.3 is 15.7 Å². The number of anilines is 3. The Morgan fingerprint density at radius 1 is 1.10 bits per heavy atom. The van der Waals surface area contributed by atoms with E-state index < -0.39 is 11.7 Å². The number of benzene rings is 1. The number of hydrogen-bond donors (Lipinski definition) is 3. The molecule has 0 aliphatic rings. The van der Waals surface area contributed by atoms with Crippen molar-refractivity contribution < 1.29 is 18.3 Å². The summed E-state index contributed by atoms with van der Waals surface area (Å²) in [5.74, 6) is 0.534. The number of halogens is 4. The maximum absolute atomic E-state index is 13.2. The van der Waals surface area contributed by atoms with Crippen LogP contribution in [0.4, 0.5) is 30.6 Å². The van der Waals surface area contributed by atoms with E-state index in [0.717, 1.165) is 11.6 Å². The molecule has 3 aromatic rings. The Balaban J connectivity index is 1.99. The summed E-state index contributed by atoms with van der Waals surface area (Å²) in [5, 5.41) is 15.1. The van der Waals surface area contributed by atoms with Gasteiger partial charge in [0.15, 0.2) is 0 Å². The van der Waals surface area contributed by atoms with E-state index in [1.165, 1.54) is 12.1 Å². The van der Waals surface area contributed by atoms with Gasteiger partial charge in [-0.05, 0) is 37.3 Å². The highest BCUT2D eigenvalue weighted by molar-refractivity contribution is 9.10. The Morgan fingerprint density at radius 3 is 2.48 bits per heavy atom. The second-order valence-corrected chi connectivity index (χ2v) is 7.10. The SMILES string of the molecule is C[C@@H](CO)Nc1nc(Nc2ccc(Br)c(C(F)(F)F)c2)cc(-c2ccncc2)n1. The average Bonchev–Trinajstić information content (AvgIpc) is 2.69. The van der Waals surface area contributed by atoms with Crippen LogP contribution in [0, 0.1) is 0 Å². The monoisotopic (exact) mass is 467 g/mol. The predicted octanol–water partition coefficient (Wildman–Crippen LogP) is 4.86. The maximum atomic E-state index is 13.2. The lowest BCUT2D eigenvalue weighted by Crippen LogP contribution is -2.21. The van der Waals surface area contributed by atoms with E-state index in [0.29, 0.717) is 11.5 Å². The highest BCUT2D eigenvalue weighted by Crippen LogP contribution is 2.37. The first-order valence-electron chi connectivity index (χ1n) is 8.57. The number of hydrogen-bond acceptors (Lipinski definition) is 6. The second-order valence-electron chi connectivity index (χ2n) is 6.24. The van der Waals surface area contributed by atoms with Gasteiger partial charge in [0.05, 0.1) is 17.9 Å². The molecular formula is C19H17BrF3N5O. The van der Waals surface area contributed by atoms with Gasteiger partial charge in [0.2, 0.25) is 5.95 Å². The molecule has 0 radical (unpaired) electrons. The molecule has 10 heteroatoms. The van der Waals surface area contributed by atoms with Crippen molar-refractivity contribution in [2.45, 2.75) is 19.1 Å². The molecule has 1 aromatic carbocycles. The Kier molecular flexibility index (Phi) is 6.33. The molecule has 152 valence electrons. The summed E-state index contributed by atoms with van der Waals surface area (Å²) in [6.07, 6.45) is -1.27. The summed E-state index contributed by atoms with van der Waals surface area (Å²) in [6.45, 7) is 1.62. The van der Waals surface area contributed by atoms with Gasteiger partial charge in [-0.2, -0.15) is 18.2 Å². The van der Waals surface area contributed by atoms with Crippen molar-refractivity contribution in [3.63, 3.8) is 0 Å². The molecule has 0 unspecified atom stereocenters. The van der Waals surface area contributed by atoms with Gasteiger partial charge >= 0.3 is 6.18 Å². The van der Waals surface area contributed by atoms with E-state index in [1.807, 2.05) is 0 Å². The summed E-state index contributed by atoms with van der Waals surface area (Å²) in [4.78, 5) is 12.7. The number of aliphatic hydroxyl groups is 1. The fourth-order valence-electron chi connectivity index (χ4n) is 2.48. The van der Waals surface area contributed by atoms with E-state index in [9.17, 15) is 18.3 Å². The van der Waals surface area contributed by atoms with E-state index in [1.54, 1.807) is 37.5 Å². The molecule has 0 saturated heterocycles. The van der Waals surface area contributed by atoms with Crippen LogP contribution in [-0.4, -0.2) is 32.7 Å². The number of nitrogens with zero attached hydrogens (tertiary/aromatic N) is 3. The quantitative estimate of drug-likeness (QED) is 0.480. The third kappa shape index (κ3) is 5.42. The van der Waals surface area contributed by atoms with Crippen molar-refractivity contribution in [1.29, 1.82) is 0 Å². The summed E-state index contributed by atoms with van der Waals surface area (Å²) in [6, 6.07) is 8.67. The number of alkyl halides is 3. The van der Waals surface area contributed by atoms with Crippen molar-refractivity contribution in [2.24, 2.45) is 0 Å². The van der Waals surface area contributed by atoms with Crippen LogP contribution in [0.2, 0.25) is 0 Å². The van der Waals surface area contributed by atoms with E-state index in [-0.39, 0.29) is 28.8 Å². The summed E-state index contributed by atoms with van der Waals surface area (Å²) in [7, 11) is 0. The van der Waals surface area contributed by atoms with Crippen LogP contribution >= 0.6 is 15.9 Å². The van der Waals surface area contributed by atoms with E-state index in [4.69, 9.17) is 0 Å². The fourth-order valence-corrected chi connectivity index (χ4v) is 2.95. The molecule has 3 N–H and O–H groups in total. The smallest absolute Gasteiger partial charge is 0.394 e. The molecule has 0 amide bonds. The topological polar surface area (TPSA) is 83.0 Å². The lowest BCUT2D eigenvalue weighted by Gasteiger charge is -2.15. The van der Waals surface area contributed by atoms with Crippen LogP contribution < -0.4 is 10.6 Å². The summed E-state index contributed by atoms with van der Waals surface area (Å²) >= 11 is 2.93. The number of aromatic nitrogens is 3. The predicted molar refractivity (Wildman–Crippen MR) is 108 cm³/mol. The molecule has 0 aliphatic carbocycles. The standard InChI is InChI=1S/C19H17BrF3N5O/c1-11(10-29)25-18-27-16(12-4-6-24-7-5-12)9-17(28-18)26-13-2-3-15(20)14(8-13)19(21,22)23/h2-9,11,29H,10H2,1H3,(H2,25,26,27,28)/t11-/m0/s1. The van der Waals surface area contributed by atoms with Gasteiger partial charge in [0, 0.05) is 40.2 Å². The third-order valence-electron chi connectivity index (χ3n) is 3.90. The van der Waals surface area contributed by atoms with Gasteiger partial charge in [0.25, 0.3) is 0 Å². The number of rotatable bonds is 6. The zero-order valence-electron chi connectivity index (χ0n) is 15.2. The largest absolute Gasteiger partial charge is 0.417 e. The molecular weight excluding hydrogens is 451 g/mol. The van der Waals surface area contributed by atoms with Crippen LogP contribution in [0.25, 0.3) is 11.3 Å². The molecule has 3 rings (SSSR count). The first-order chi connectivity index (χ1) is 13.8. The van der Waals surface area contributed by atoms with Gasteiger partial charge in [-0.25, -0.2) is 4.98 Å². The second kappa shape index (κ2) is 8.75. The number of pyridine rings is 1. The van der Waals surface area contributed by atoms with Crippen molar-refractivity contribution in [3.05, 3.63) is 58.8 Å². The first kappa shape index (κ1) is 21.0. The molecule has 0 aliphatic heterocycles. The van der Waals surface area contributed by atoms with Gasteiger partial charge in [-0.1, -0.05) is 15.9 Å². The minimum absolute atomic E-state index is 0.0464. The fraction of sp³-hybridized carbons (Fsp3) is 0.211. The zero-order chi connectivity index (χ0) is 21.0. The average molecular weight is 468 g/mol. The summed E-state index contributed by atoms with van der Waals surface area (Å²) in [5.41, 5.74) is 0.738. The first-order valence-corrected chi connectivity index (χ1v) is 9.36. The normalized spacial score (nSPS) is 12.5. The lowest BCUT2D eigenvalue weighted by molar-refractivity contribution is -0.138. The molecule has 6 nitrogen and oxygen atoms in total. The van der Waals surface area contributed by atoms with Crippen LogP contribution in [0.5, 0.6) is 0 Å². The molecule has 2 aromatic heterocycles. The third-order valence-corrected chi connectivity index (χ3v) is 4.59. The van der Waals surface area contributed by atoms with Crippen LogP contribution in [-0.2, 0) is 6.18 Å². The molecule has 0 fully saturated rings. The highest BCUT2D eigenvalue weighted by atomic mass is 79.9. The van der Waals surface area contributed by atoms with Gasteiger partial charge in [-0.15, -0.1) is 0 Å². The Labute approximate surface area is 173 Å². The molecule has 0 spiro atoms. The van der Waals surface area contributed by atoms with Crippen molar-refractivity contribution in [3.8, 4) is 11.3 Å². The summed E-state index contributed by atoms with van der Waals surface area (Å²) < 4.78 is 39.5. The number of aliphatic hydroxyl groups excluding tert-OH is 1. The van der Waals surface area contributed by atoms with Crippen molar-refractivity contribution in [1.82, 2.24) is 15.0 Å². The highest BCUT2D eigenvalue weighted by Gasteiger charge is 2.33. The van der Waals surface area contributed by atoms with Crippen molar-refractivity contribution in [2.75, 3.05) is 17.2 Å². The van der Waals surface area contributed by atoms with E-state index in [2.05, 4.69) is 41.5 Å². The molecule has 1 atom stereocenters. The van der Waals surface area contributed by atoms with Crippen molar-refractivity contribution >= 4 is 33.4 Å². The van der Waals surface area contributed by atoms with Crippen LogP contribution in [0.15, 0.2) is 53.3 Å². The zero-order valence-corrected chi connectivity index (χ0v) is 16.8. The molecule has 0 bridgehead atoms. The molecule has 2 heterocycles. The Bertz CT molecular complexity index is 985. The van der Waals surface area contributed by atoms with E-state index >= 15 is 0 Å². The van der Waals surface area contributed by atoms with Gasteiger partial charge in [-0.3, -0.25) is 4.98 Å². The lowest BCUT2D eigenvalue weighted by atomic mass is 10.2. The Morgan fingerprint density at radius 2 is 1.83 bits per heavy atom. The Hall–Kier alpha value is -2.72. The molecule has 29 heavy (non-hydrogen) atoms. The minimum Gasteiger partial charge on any atom is -0.394 e.